The Balaban J connectivity index is 1.66. The number of aromatic nitrogens is 2. The highest BCUT2D eigenvalue weighted by atomic mass is 32.2. The topological polar surface area (TPSA) is 81.1 Å². The minimum atomic E-state index is -3.08. The van der Waals surface area contributed by atoms with Crippen LogP contribution in [0.3, 0.4) is 0 Å². The van der Waals surface area contributed by atoms with E-state index in [-0.39, 0.29) is 35.2 Å². The Labute approximate surface area is 176 Å². The maximum Gasteiger partial charge on any atom is 0.272 e. The maximum absolute atomic E-state index is 12.9. The van der Waals surface area contributed by atoms with E-state index < -0.39 is 9.84 Å². The molecule has 2 heterocycles. The Morgan fingerprint density at radius 1 is 1.13 bits per heavy atom. The van der Waals surface area contributed by atoms with E-state index in [4.69, 9.17) is 0 Å². The van der Waals surface area contributed by atoms with Gasteiger partial charge in [0, 0.05) is 0 Å². The van der Waals surface area contributed by atoms with Crippen LogP contribution >= 0.6 is 0 Å². The molecule has 6 nitrogen and oxygen atoms in total. The van der Waals surface area contributed by atoms with Gasteiger partial charge in [0.2, 0.25) is 0 Å². The number of nitrogens with one attached hydrogen (secondary N) is 1. The fraction of sp³-hybridized carbons (Fsp3) is 0.304. The number of hydrogen-bond acceptors (Lipinski definition) is 4. The summed E-state index contributed by atoms with van der Waals surface area (Å²) >= 11 is 0. The molecule has 30 heavy (non-hydrogen) atoms. The van der Waals surface area contributed by atoms with Crippen LogP contribution in [0.2, 0.25) is 0 Å². The summed E-state index contributed by atoms with van der Waals surface area (Å²) in [7, 11) is -3.08. The molecular formula is C23H25N3O3S. The van der Waals surface area contributed by atoms with E-state index in [1.807, 2.05) is 68.4 Å². The number of carbonyl (C=O) groups excluding carboxylic acids is 1. The van der Waals surface area contributed by atoms with Crippen LogP contribution in [0.15, 0.2) is 60.7 Å². The summed E-state index contributed by atoms with van der Waals surface area (Å²) < 4.78 is 25.8. The first-order chi connectivity index (χ1) is 14.3. The van der Waals surface area contributed by atoms with Crippen LogP contribution in [-0.2, 0) is 9.84 Å². The van der Waals surface area contributed by atoms with Crippen LogP contribution in [0.4, 0.5) is 0 Å². The third-order valence-corrected chi connectivity index (χ3v) is 7.27. The van der Waals surface area contributed by atoms with Crippen molar-refractivity contribution >= 4 is 15.7 Å². The zero-order chi connectivity index (χ0) is 21.3. The standard InChI is InChI=1S/C23H25N3O3S/c1-16-8-10-19(11-9-16)22-14-21(25-26(22)20-12-13-30(28,29)15-20)23(27)24-17(2)18-6-4-3-5-7-18/h3-11,14,17,20H,12-13,15H2,1-2H3,(H,24,27)/t17-,20+/m1/s1. The fourth-order valence-electron chi connectivity index (χ4n) is 3.79. The van der Waals surface area contributed by atoms with Gasteiger partial charge in [0.05, 0.1) is 29.3 Å². The molecule has 1 fully saturated rings. The van der Waals surface area contributed by atoms with Gasteiger partial charge in [0.15, 0.2) is 15.5 Å². The van der Waals surface area contributed by atoms with Gasteiger partial charge in [0.1, 0.15) is 0 Å². The normalized spacial score (nSPS) is 18.8. The summed E-state index contributed by atoms with van der Waals surface area (Å²) in [6, 6.07) is 19.0. The first-order valence-electron chi connectivity index (χ1n) is 10.1. The lowest BCUT2D eigenvalue weighted by Crippen LogP contribution is -2.27. The minimum Gasteiger partial charge on any atom is -0.344 e. The Kier molecular flexibility index (Phi) is 5.47. The second kappa shape index (κ2) is 8.07. The van der Waals surface area contributed by atoms with E-state index in [0.29, 0.717) is 6.42 Å². The number of sulfone groups is 1. The van der Waals surface area contributed by atoms with Gasteiger partial charge in [-0.15, -0.1) is 0 Å². The molecule has 0 unspecified atom stereocenters. The van der Waals surface area contributed by atoms with Gasteiger partial charge in [-0.3, -0.25) is 9.48 Å². The van der Waals surface area contributed by atoms with E-state index >= 15 is 0 Å². The van der Waals surface area contributed by atoms with Crippen molar-refractivity contribution in [3.63, 3.8) is 0 Å². The monoisotopic (exact) mass is 423 g/mol. The zero-order valence-electron chi connectivity index (χ0n) is 17.1. The van der Waals surface area contributed by atoms with Crippen molar-refractivity contribution in [3.8, 4) is 11.3 Å². The Morgan fingerprint density at radius 2 is 1.83 bits per heavy atom. The van der Waals surface area contributed by atoms with E-state index in [2.05, 4.69) is 10.4 Å². The second-order valence-electron chi connectivity index (χ2n) is 7.89. The molecule has 1 aliphatic heterocycles. The largest absolute Gasteiger partial charge is 0.344 e. The molecule has 1 aliphatic rings. The lowest BCUT2D eigenvalue weighted by Gasteiger charge is -2.14. The van der Waals surface area contributed by atoms with Gasteiger partial charge in [-0.05, 0) is 37.5 Å². The SMILES string of the molecule is Cc1ccc(-c2cc(C(=O)N[C@H](C)c3ccccc3)nn2[C@H]2CCS(=O)(=O)C2)cc1. The lowest BCUT2D eigenvalue weighted by molar-refractivity contribution is 0.0933. The van der Waals surface area contributed by atoms with Gasteiger partial charge in [0.25, 0.3) is 5.91 Å². The minimum absolute atomic E-state index is 0.0506. The number of rotatable bonds is 5. The number of aryl methyl sites for hydroxylation is 1. The molecule has 1 amide bonds. The third-order valence-electron chi connectivity index (χ3n) is 5.52. The molecule has 156 valence electrons. The number of benzene rings is 2. The summed E-state index contributed by atoms with van der Waals surface area (Å²) in [6.45, 7) is 3.93. The highest BCUT2D eigenvalue weighted by Gasteiger charge is 2.32. The molecule has 1 saturated heterocycles. The Hall–Kier alpha value is -2.93. The van der Waals surface area contributed by atoms with Crippen molar-refractivity contribution in [2.24, 2.45) is 0 Å². The highest BCUT2D eigenvalue weighted by Crippen LogP contribution is 2.30. The lowest BCUT2D eigenvalue weighted by atomic mass is 10.1. The van der Waals surface area contributed by atoms with Gasteiger partial charge in [-0.25, -0.2) is 8.42 Å². The van der Waals surface area contributed by atoms with Crippen LogP contribution in [0.1, 0.15) is 47.0 Å². The Morgan fingerprint density at radius 3 is 2.47 bits per heavy atom. The smallest absolute Gasteiger partial charge is 0.272 e. The number of amides is 1. The van der Waals surface area contributed by atoms with Crippen molar-refractivity contribution < 1.29 is 13.2 Å². The predicted octanol–water partition coefficient (Wildman–Crippen LogP) is 3.71. The molecule has 1 aromatic heterocycles. The fourth-order valence-corrected chi connectivity index (χ4v) is 5.48. The molecular weight excluding hydrogens is 398 g/mol. The first kappa shape index (κ1) is 20.3. The van der Waals surface area contributed by atoms with Crippen molar-refractivity contribution in [1.82, 2.24) is 15.1 Å². The summed E-state index contributed by atoms with van der Waals surface area (Å²) in [6.07, 6.45) is 0.504. The maximum atomic E-state index is 12.9. The van der Waals surface area contributed by atoms with Crippen LogP contribution in [-0.4, -0.2) is 35.6 Å². The molecule has 0 spiro atoms. The third kappa shape index (κ3) is 4.31. The summed E-state index contributed by atoms with van der Waals surface area (Å²) in [5, 5.41) is 7.53. The van der Waals surface area contributed by atoms with Crippen LogP contribution < -0.4 is 5.32 Å². The quantitative estimate of drug-likeness (QED) is 0.678. The van der Waals surface area contributed by atoms with Gasteiger partial charge >= 0.3 is 0 Å². The second-order valence-corrected chi connectivity index (χ2v) is 10.1. The molecule has 0 radical (unpaired) electrons. The molecule has 4 rings (SSSR count). The molecule has 0 aliphatic carbocycles. The van der Waals surface area contributed by atoms with E-state index in [1.54, 1.807) is 10.7 Å². The van der Waals surface area contributed by atoms with Crippen LogP contribution in [0.5, 0.6) is 0 Å². The highest BCUT2D eigenvalue weighted by molar-refractivity contribution is 7.91. The molecule has 0 bridgehead atoms. The zero-order valence-corrected chi connectivity index (χ0v) is 17.9. The van der Waals surface area contributed by atoms with Gasteiger partial charge in [-0.1, -0.05) is 60.2 Å². The molecule has 2 atom stereocenters. The average molecular weight is 424 g/mol. The molecule has 0 saturated carbocycles. The summed E-state index contributed by atoms with van der Waals surface area (Å²) in [5.41, 5.74) is 4.09. The van der Waals surface area contributed by atoms with Crippen LogP contribution in [0, 0.1) is 6.92 Å². The summed E-state index contributed by atoms with van der Waals surface area (Å²) in [4.78, 5) is 12.9. The van der Waals surface area contributed by atoms with Crippen LogP contribution in [0.25, 0.3) is 11.3 Å². The number of nitrogens with zero attached hydrogens (tertiary/aromatic N) is 2. The van der Waals surface area contributed by atoms with Gasteiger partial charge in [-0.2, -0.15) is 5.10 Å². The first-order valence-corrected chi connectivity index (χ1v) is 11.9. The Bertz CT molecular complexity index is 1150. The molecule has 3 aromatic rings. The van der Waals surface area contributed by atoms with E-state index in [0.717, 1.165) is 22.4 Å². The molecule has 1 N–H and O–H groups in total. The average Bonchev–Trinajstić information content (AvgIpc) is 3.32. The number of carbonyl (C=O) groups is 1. The number of hydrogen-bond donors (Lipinski definition) is 1. The van der Waals surface area contributed by atoms with Crippen molar-refractivity contribution in [1.29, 1.82) is 0 Å². The summed E-state index contributed by atoms with van der Waals surface area (Å²) in [5.74, 6) is -0.0776. The van der Waals surface area contributed by atoms with E-state index in [1.165, 1.54) is 0 Å². The molecule has 7 heteroatoms. The van der Waals surface area contributed by atoms with Crippen molar-refractivity contribution in [3.05, 3.63) is 77.5 Å². The van der Waals surface area contributed by atoms with Crippen molar-refractivity contribution in [2.75, 3.05) is 11.5 Å². The van der Waals surface area contributed by atoms with Crippen molar-refractivity contribution in [2.45, 2.75) is 32.4 Å². The van der Waals surface area contributed by atoms with Gasteiger partial charge < -0.3 is 5.32 Å². The molecule has 2 aromatic carbocycles. The van der Waals surface area contributed by atoms with E-state index in [9.17, 15) is 13.2 Å². The predicted molar refractivity (Wildman–Crippen MR) is 117 cm³/mol.